The highest BCUT2D eigenvalue weighted by Gasteiger charge is 2.34. The van der Waals surface area contributed by atoms with Gasteiger partial charge in [-0.25, -0.2) is 5.01 Å². The average molecular weight is 493 g/mol. The Balaban J connectivity index is 1.55. The molecule has 0 unspecified atom stereocenters. The zero-order chi connectivity index (χ0) is 22.5. The first-order valence-corrected chi connectivity index (χ1v) is 10.9. The van der Waals surface area contributed by atoms with E-state index in [2.05, 4.69) is 21.4 Å². The van der Waals surface area contributed by atoms with E-state index in [9.17, 15) is 9.59 Å². The molecule has 3 aromatic carbocycles. The fourth-order valence-electron chi connectivity index (χ4n) is 3.23. The summed E-state index contributed by atoms with van der Waals surface area (Å²) in [5.74, 6) is 0.275. The number of nitrogens with zero attached hydrogens (tertiary/aromatic N) is 1. The van der Waals surface area contributed by atoms with Gasteiger partial charge in [-0.3, -0.25) is 15.0 Å². The Hall–Kier alpha value is -3.58. The second-order valence-electron chi connectivity index (χ2n) is 7.03. The van der Waals surface area contributed by atoms with Crippen LogP contribution in [0.2, 0.25) is 0 Å². The van der Waals surface area contributed by atoms with Gasteiger partial charge in [-0.2, -0.15) is 0 Å². The minimum Gasteiger partial charge on any atom is -0.490 e. The molecule has 0 saturated carbocycles. The lowest BCUT2D eigenvalue weighted by atomic mass is 10.1. The molecule has 32 heavy (non-hydrogen) atoms. The molecule has 0 aliphatic carbocycles. The fraction of sp³-hybridized carbons (Fsp3) is 0.120. The summed E-state index contributed by atoms with van der Waals surface area (Å²) in [6.07, 6.45) is 1.56. The van der Waals surface area contributed by atoms with Crippen LogP contribution in [-0.4, -0.2) is 18.4 Å². The first-order chi connectivity index (χ1) is 15.5. The van der Waals surface area contributed by atoms with E-state index < -0.39 is 11.8 Å². The van der Waals surface area contributed by atoms with E-state index in [1.165, 1.54) is 5.01 Å². The number of benzene rings is 3. The molecule has 3 aromatic rings. The number of hydrogen-bond acceptors (Lipinski definition) is 4. The molecule has 7 heteroatoms. The maximum Gasteiger partial charge on any atom is 0.282 e. The highest BCUT2D eigenvalue weighted by Crippen LogP contribution is 2.31. The normalized spacial score (nSPS) is 14.6. The first kappa shape index (κ1) is 21.6. The monoisotopic (exact) mass is 492 g/mol. The zero-order valence-electron chi connectivity index (χ0n) is 17.4. The second-order valence-corrected chi connectivity index (χ2v) is 7.95. The summed E-state index contributed by atoms with van der Waals surface area (Å²) in [7, 11) is 0. The molecular formula is C25H21BrN2O4. The van der Waals surface area contributed by atoms with Gasteiger partial charge in [-0.05, 0) is 60.5 Å². The summed E-state index contributed by atoms with van der Waals surface area (Å²) in [6.45, 7) is 2.73. The summed E-state index contributed by atoms with van der Waals surface area (Å²) < 4.78 is 12.7. The van der Waals surface area contributed by atoms with Crippen LogP contribution in [0.25, 0.3) is 6.08 Å². The van der Waals surface area contributed by atoms with Gasteiger partial charge in [-0.15, -0.1) is 0 Å². The average Bonchev–Trinajstić information content (AvgIpc) is 3.09. The third kappa shape index (κ3) is 4.84. The Bertz CT molecular complexity index is 1160. The van der Waals surface area contributed by atoms with Crippen LogP contribution in [0.1, 0.15) is 18.1 Å². The van der Waals surface area contributed by atoms with Crippen LogP contribution in [0.3, 0.4) is 0 Å². The Labute approximate surface area is 194 Å². The van der Waals surface area contributed by atoms with E-state index in [4.69, 9.17) is 9.47 Å². The van der Waals surface area contributed by atoms with Crippen molar-refractivity contribution in [2.24, 2.45) is 0 Å². The van der Waals surface area contributed by atoms with Gasteiger partial charge < -0.3 is 9.47 Å². The quantitative estimate of drug-likeness (QED) is 0.376. The van der Waals surface area contributed by atoms with Crippen LogP contribution in [-0.2, 0) is 16.2 Å². The highest BCUT2D eigenvalue weighted by atomic mass is 79.9. The van der Waals surface area contributed by atoms with Crippen LogP contribution in [0, 0.1) is 0 Å². The molecule has 0 aromatic heterocycles. The van der Waals surface area contributed by atoms with Crippen molar-refractivity contribution in [2.45, 2.75) is 13.5 Å². The van der Waals surface area contributed by atoms with E-state index in [1.807, 2.05) is 37.3 Å². The van der Waals surface area contributed by atoms with Crippen LogP contribution in [0.5, 0.6) is 11.5 Å². The number of carbonyl (C=O) groups is 2. The molecule has 0 radical (unpaired) electrons. The van der Waals surface area contributed by atoms with Crippen molar-refractivity contribution in [2.75, 3.05) is 11.6 Å². The summed E-state index contributed by atoms with van der Waals surface area (Å²) >= 11 is 3.42. The second kappa shape index (κ2) is 9.70. The Kier molecular flexibility index (Phi) is 6.56. The molecule has 2 amide bonds. The van der Waals surface area contributed by atoms with Gasteiger partial charge in [0.25, 0.3) is 11.8 Å². The fourth-order valence-corrected chi connectivity index (χ4v) is 3.49. The lowest BCUT2D eigenvalue weighted by Crippen LogP contribution is -2.35. The number of nitrogens with one attached hydrogen (secondary N) is 1. The molecule has 0 spiro atoms. The maximum absolute atomic E-state index is 12.8. The molecule has 1 aliphatic heterocycles. The molecule has 1 N–H and O–H groups in total. The number of halogens is 1. The smallest absolute Gasteiger partial charge is 0.282 e. The molecule has 0 bridgehead atoms. The number of amides is 2. The van der Waals surface area contributed by atoms with E-state index in [1.54, 1.807) is 48.5 Å². The van der Waals surface area contributed by atoms with Crippen LogP contribution < -0.4 is 19.9 Å². The van der Waals surface area contributed by atoms with Crippen molar-refractivity contribution in [3.8, 4) is 11.5 Å². The Morgan fingerprint density at radius 2 is 1.69 bits per heavy atom. The standard InChI is InChI=1S/C25H21BrN2O4/c1-2-31-23-15-18(10-13-22(23)32-16-17-8-11-19(26)12-9-17)14-21-24(29)27-28(25(21)30)20-6-4-3-5-7-20/h3-15H,2,16H2,1H3,(H,27,29). The van der Waals surface area contributed by atoms with Crippen molar-refractivity contribution >= 4 is 39.5 Å². The zero-order valence-corrected chi connectivity index (χ0v) is 19.0. The molecule has 1 aliphatic rings. The van der Waals surface area contributed by atoms with Crippen molar-refractivity contribution in [3.05, 3.63) is 94.0 Å². The molecule has 1 heterocycles. The van der Waals surface area contributed by atoms with Gasteiger partial charge in [-0.1, -0.05) is 52.3 Å². The van der Waals surface area contributed by atoms with Crippen molar-refractivity contribution < 1.29 is 19.1 Å². The number of hydrogen-bond donors (Lipinski definition) is 1. The van der Waals surface area contributed by atoms with E-state index in [0.717, 1.165) is 10.0 Å². The number of para-hydroxylation sites is 1. The van der Waals surface area contributed by atoms with Crippen molar-refractivity contribution in [1.29, 1.82) is 0 Å². The van der Waals surface area contributed by atoms with Gasteiger partial charge in [0.05, 0.1) is 12.3 Å². The van der Waals surface area contributed by atoms with E-state index in [-0.39, 0.29) is 5.57 Å². The summed E-state index contributed by atoms with van der Waals surface area (Å²) in [4.78, 5) is 25.2. The van der Waals surface area contributed by atoms with E-state index in [0.29, 0.717) is 36.0 Å². The van der Waals surface area contributed by atoms with Crippen LogP contribution >= 0.6 is 15.9 Å². The molecular weight excluding hydrogens is 472 g/mol. The number of ether oxygens (including phenoxy) is 2. The predicted molar refractivity (Wildman–Crippen MR) is 126 cm³/mol. The lowest BCUT2D eigenvalue weighted by molar-refractivity contribution is -0.117. The van der Waals surface area contributed by atoms with Gasteiger partial charge in [0.15, 0.2) is 11.5 Å². The van der Waals surface area contributed by atoms with Gasteiger partial charge >= 0.3 is 0 Å². The van der Waals surface area contributed by atoms with Gasteiger partial charge in [0.1, 0.15) is 12.2 Å². The molecule has 1 fully saturated rings. The third-order valence-electron chi connectivity index (χ3n) is 4.79. The summed E-state index contributed by atoms with van der Waals surface area (Å²) in [6, 6.07) is 22.2. The minimum atomic E-state index is -0.452. The third-order valence-corrected chi connectivity index (χ3v) is 5.32. The molecule has 0 atom stereocenters. The Morgan fingerprint density at radius 3 is 2.41 bits per heavy atom. The largest absolute Gasteiger partial charge is 0.490 e. The molecule has 162 valence electrons. The van der Waals surface area contributed by atoms with Crippen LogP contribution in [0.15, 0.2) is 82.8 Å². The first-order valence-electron chi connectivity index (χ1n) is 10.1. The topological polar surface area (TPSA) is 67.9 Å². The number of rotatable bonds is 7. The van der Waals surface area contributed by atoms with Crippen LogP contribution in [0.4, 0.5) is 5.69 Å². The molecule has 1 saturated heterocycles. The number of hydrazine groups is 1. The maximum atomic E-state index is 12.8. The molecule has 4 rings (SSSR count). The number of carbonyl (C=O) groups excluding carboxylic acids is 2. The predicted octanol–water partition coefficient (Wildman–Crippen LogP) is 4.89. The van der Waals surface area contributed by atoms with Crippen molar-refractivity contribution in [1.82, 2.24) is 5.43 Å². The van der Waals surface area contributed by atoms with E-state index >= 15 is 0 Å². The van der Waals surface area contributed by atoms with Crippen molar-refractivity contribution in [3.63, 3.8) is 0 Å². The SMILES string of the molecule is CCOc1cc(C=C2C(=O)NN(c3ccccc3)C2=O)ccc1OCc1ccc(Br)cc1. The number of anilines is 1. The summed E-state index contributed by atoms with van der Waals surface area (Å²) in [5, 5.41) is 1.24. The molecule has 6 nitrogen and oxygen atoms in total. The van der Waals surface area contributed by atoms with Gasteiger partial charge in [0, 0.05) is 4.47 Å². The Morgan fingerprint density at radius 1 is 0.938 bits per heavy atom. The highest BCUT2D eigenvalue weighted by molar-refractivity contribution is 9.10. The summed E-state index contributed by atoms with van der Waals surface area (Å²) in [5.41, 5.74) is 4.94. The van der Waals surface area contributed by atoms with Gasteiger partial charge in [0.2, 0.25) is 0 Å². The lowest BCUT2D eigenvalue weighted by Gasteiger charge is -2.14. The minimum absolute atomic E-state index is 0.0554.